The van der Waals surface area contributed by atoms with E-state index in [-0.39, 0.29) is 0 Å². The molecule has 0 spiro atoms. The number of anilines is 1. The maximum absolute atomic E-state index is 4.30. The Labute approximate surface area is 157 Å². The van der Waals surface area contributed by atoms with Crippen LogP contribution in [0, 0.1) is 5.92 Å². The van der Waals surface area contributed by atoms with E-state index in [4.69, 9.17) is 0 Å². The van der Waals surface area contributed by atoms with E-state index < -0.39 is 0 Å². The van der Waals surface area contributed by atoms with Gasteiger partial charge in [0, 0.05) is 57.9 Å². The van der Waals surface area contributed by atoms with Gasteiger partial charge in [-0.25, -0.2) is 0 Å². The van der Waals surface area contributed by atoms with E-state index in [9.17, 15) is 0 Å². The van der Waals surface area contributed by atoms with Crippen molar-refractivity contribution >= 4 is 11.6 Å². The van der Waals surface area contributed by atoms with Crippen LogP contribution in [0.3, 0.4) is 0 Å². The molecule has 26 heavy (non-hydrogen) atoms. The lowest BCUT2D eigenvalue weighted by molar-refractivity contribution is 0.438. The third kappa shape index (κ3) is 5.28. The summed E-state index contributed by atoms with van der Waals surface area (Å²) in [6.45, 7) is 7.26. The fourth-order valence-electron chi connectivity index (χ4n) is 3.32. The van der Waals surface area contributed by atoms with Crippen LogP contribution in [0.15, 0.2) is 53.8 Å². The highest BCUT2D eigenvalue weighted by atomic mass is 15.2. The van der Waals surface area contributed by atoms with Crippen LogP contribution in [0.4, 0.5) is 5.69 Å². The normalized spacial score (nSPS) is 15.9. The molecule has 0 radical (unpaired) electrons. The van der Waals surface area contributed by atoms with Gasteiger partial charge in [-0.05, 0) is 48.6 Å². The molecule has 0 atom stereocenters. The summed E-state index contributed by atoms with van der Waals surface area (Å²) < 4.78 is 2.15. The van der Waals surface area contributed by atoms with Crippen LogP contribution in [-0.4, -0.2) is 37.2 Å². The Morgan fingerprint density at radius 1 is 1.08 bits per heavy atom. The van der Waals surface area contributed by atoms with Crippen molar-refractivity contribution in [2.75, 3.05) is 31.6 Å². The molecular weight excluding hydrogens is 322 g/mol. The Bertz CT molecular complexity index is 667. The number of nitrogens with one attached hydrogen (secondary N) is 2. The molecule has 1 saturated heterocycles. The number of guanidine groups is 1. The maximum Gasteiger partial charge on any atom is 0.191 e. The lowest BCUT2D eigenvalue weighted by Crippen LogP contribution is -2.38. The second-order valence-corrected chi connectivity index (χ2v) is 7.11. The number of aromatic nitrogens is 1. The zero-order valence-corrected chi connectivity index (χ0v) is 16.0. The monoisotopic (exact) mass is 353 g/mol. The third-order valence-electron chi connectivity index (χ3n) is 5.10. The van der Waals surface area contributed by atoms with Crippen molar-refractivity contribution in [2.45, 2.75) is 32.9 Å². The number of benzene rings is 1. The maximum atomic E-state index is 4.30. The van der Waals surface area contributed by atoms with Gasteiger partial charge in [-0.2, -0.15) is 0 Å². The lowest BCUT2D eigenvalue weighted by atomic mass is 9.99. The van der Waals surface area contributed by atoms with Gasteiger partial charge in [0.05, 0.1) is 0 Å². The quantitative estimate of drug-likeness (QED) is 0.620. The Morgan fingerprint density at radius 2 is 1.77 bits per heavy atom. The van der Waals surface area contributed by atoms with Crippen LogP contribution in [0.1, 0.15) is 25.3 Å². The predicted molar refractivity (Wildman–Crippen MR) is 110 cm³/mol. The summed E-state index contributed by atoms with van der Waals surface area (Å²) in [5.41, 5.74) is 2.61. The number of rotatable bonds is 6. The molecule has 1 fully saturated rings. The number of aliphatic imine (C=N–C) groups is 1. The van der Waals surface area contributed by atoms with Gasteiger partial charge < -0.3 is 20.1 Å². The summed E-state index contributed by atoms with van der Waals surface area (Å²) in [4.78, 5) is 6.80. The van der Waals surface area contributed by atoms with Crippen LogP contribution in [-0.2, 0) is 13.1 Å². The molecule has 2 aromatic rings. The Kier molecular flexibility index (Phi) is 6.58. The summed E-state index contributed by atoms with van der Waals surface area (Å²) in [6.07, 6.45) is 6.74. The molecule has 0 amide bonds. The minimum absolute atomic E-state index is 0.778. The number of hydrogen-bond acceptors (Lipinski definition) is 2. The largest absolute Gasteiger partial charge is 0.372 e. The van der Waals surface area contributed by atoms with Crippen LogP contribution in [0.5, 0.6) is 0 Å². The molecule has 2 heterocycles. The highest BCUT2D eigenvalue weighted by Gasteiger charge is 2.15. The molecule has 2 N–H and O–H groups in total. The number of hydrogen-bond donors (Lipinski definition) is 2. The lowest BCUT2D eigenvalue weighted by Gasteiger charge is -2.32. The molecule has 0 saturated carbocycles. The molecule has 1 aliphatic rings. The number of nitrogens with zero attached hydrogens (tertiary/aromatic N) is 3. The Balaban J connectivity index is 1.43. The van der Waals surface area contributed by atoms with Crippen molar-refractivity contribution in [3.63, 3.8) is 0 Å². The van der Waals surface area contributed by atoms with Crippen molar-refractivity contribution in [3.8, 4) is 0 Å². The second-order valence-electron chi connectivity index (χ2n) is 7.11. The smallest absolute Gasteiger partial charge is 0.191 e. The molecule has 0 unspecified atom stereocenters. The van der Waals surface area contributed by atoms with Crippen molar-refractivity contribution in [2.24, 2.45) is 10.9 Å². The van der Waals surface area contributed by atoms with Crippen LogP contribution in [0.2, 0.25) is 0 Å². The highest BCUT2D eigenvalue weighted by Crippen LogP contribution is 2.23. The molecule has 140 valence electrons. The van der Waals surface area contributed by atoms with E-state index >= 15 is 0 Å². The molecule has 5 heteroatoms. The first-order chi connectivity index (χ1) is 12.7. The van der Waals surface area contributed by atoms with Crippen LogP contribution < -0.4 is 15.5 Å². The topological polar surface area (TPSA) is 44.6 Å². The molecule has 1 aromatic carbocycles. The van der Waals surface area contributed by atoms with Crippen molar-refractivity contribution < 1.29 is 0 Å². The summed E-state index contributed by atoms with van der Waals surface area (Å²) in [5.74, 6) is 1.71. The molecule has 3 rings (SSSR count). The second kappa shape index (κ2) is 9.32. The van der Waals surface area contributed by atoms with Crippen LogP contribution >= 0.6 is 0 Å². The zero-order chi connectivity index (χ0) is 18.2. The van der Waals surface area contributed by atoms with Gasteiger partial charge in [-0.15, -0.1) is 0 Å². The fraction of sp³-hybridized carbons (Fsp3) is 0.476. The first-order valence-corrected chi connectivity index (χ1v) is 9.64. The molecule has 0 bridgehead atoms. The SMILES string of the molecule is CN=C(NCCn1cccc1)NCc1ccc(N2CCC(C)CC2)cc1. The van der Waals surface area contributed by atoms with Gasteiger partial charge in [0.15, 0.2) is 5.96 Å². The van der Waals surface area contributed by atoms with Gasteiger partial charge in [-0.3, -0.25) is 4.99 Å². The molecule has 0 aliphatic carbocycles. The van der Waals surface area contributed by atoms with Crippen molar-refractivity contribution in [1.29, 1.82) is 0 Å². The van der Waals surface area contributed by atoms with Gasteiger partial charge in [0.1, 0.15) is 0 Å². The Morgan fingerprint density at radius 3 is 2.42 bits per heavy atom. The van der Waals surface area contributed by atoms with E-state index in [1.54, 1.807) is 0 Å². The average molecular weight is 354 g/mol. The van der Waals surface area contributed by atoms with Gasteiger partial charge in [0.2, 0.25) is 0 Å². The first kappa shape index (κ1) is 18.4. The molecule has 1 aliphatic heterocycles. The van der Waals surface area contributed by atoms with Crippen molar-refractivity contribution in [1.82, 2.24) is 15.2 Å². The first-order valence-electron chi connectivity index (χ1n) is 9.64. The minimum atomic E-state index is 0.778. The fourth-order valence-corrected chi connectivity index (χ4v) is 3.32. The van der Waals surface area contributed by atoms with E-state index in [0.717, 1.165) is 31.5 Å². The van der Waals surface area contributed by atoms with Crippen LogP contribution in [0.25, 0.3) is 0 Å². The average Bonchev–Trinajstić information content (AvgIpc) is 3.19. The minimum Gasteiger partial charge on any atom is -0.372 e. The zero-order valence-electron chi connectivity index (χ0n) is 16.0. The summed E-state index contributed by atoms with van der Waals surface area (Å²) >= 11 is 0. The Hall–Kier alpha value is -2.43. The number of piperidine rings is 1. The molecule has 1 aromatic heterocycles. The standard InChI is InChI=1S/C21H31N5/c1-18-9-14-26(15-10-18)20-7-5-19(6-8-20)17-24-21(22-2)23-11-16-25-12-3-4-13-25/h3-8,12-13,18H,9-11,14-17H2,1-2H3,(H2,22,23,24). The summed E-state index contributed by atoms with van der Waals surface area (Å²) in [5, 5.41) is 6.74. The van der Waals surface area contributed by atoms with E-state index in [0.29, 0.717) is 0 Å². The van der Waals surface area contributed by atoms with Gasteiger partial charge >= 0.3 is 0 Å². The predicted octanol–water partition coefficient (Wildman–Crippen LogP) is 3.09. The van der Waals surface area contributed by atoms with E-state index in [1.165, 1.54) is 37.2 Å². The van der Waals surface area contributed by atoms with E-state index in [2.05, 4.69) is 68.7 Å². The molecular formula is C21H31N5. The highest BCUT2D eigenvalue weighted by molar-refractivity contribution is 5.79. The van der Waals surface area contributed by atoms with Gasteiger partial charge in [0.25, 0.3) is 0 Å². The summed E-state index contributed by atoms with van der Waals surface area (Å²) in [7, 11) is 1.81. The van der Waals surface area contributed by atoms with Crippen molar-refractivity contribution in [3.05, 3.63) is 54.4 Å². The summed E-state index contributed by atoms with van der Waals surface area (Å²) in [6, 6.07) is 13.0. The van der Waals surface area contributed by atoms with Gasteiger partial charge in [-0.1, -0.05) is 19.1 Å². The molecule has 5 nitrogen and oxygen atoms in total. The third-order valence-corrected chi connectivity index (χ3v) is 5.10. The van der Waals surface area contributed by atoms with E-state index in [1.807, 2.05) is 19.2 Å².